The molecule has 1 fully saturated rings. The molecule has 1 aromatic rings. The SMILES string of the molecule is CCCCCCCOc1ccccc1NC(=O)OCCN1CCC(CCCCCCC)CC1. The first kappa shape index (κ1) is 27.5. The van der Waals surface area contributed by atoms with Crippen LogP contribution in [0.25, 0.3) is 0 Å². The molecule has 1 aliphatic heterocycles. The molecule has 0 aromatic heterocycles. The van der Waals surface area contributed by atoms with Gasteiger partial charge in [-0.3, -0.25) is 10.2 Å². The molecule has 0 unspecified atom stereocenters. The number of hydrogen-bond donors (Lipinski definition) is 1. The molecular formula is C28H48N2O3. The first-order valence-electron chi connectivity index (χ1n) is 13.6. The number of benzene rings is 1. The third-order valence-electron chi connectivity index (χ3n) is 6.69. The summed E-state index contributed by atoms with van der Waals surface area (Å²) < 4.78 is 11.4. The highest BCUT2D eigenvalue weighted by Crippen LogP contribution is 2.25. The van der Waals surface area contributed by atoms with Crippen LogP contribution < -0.4 is 10.1 Å². The predicted molar refractivity (Wildman–Crippen MR) is 138 cm³/mol. The van der Waals surface area contributed by atoms with Gasteiger partial charge in [0.15, 0.2) is 0 Å². The van der Waals surface area contributed by atoms with E-state index in [4.69, 9.17) is 9.47 Å². The van der Waals surface area contributed by atoms with Gasteiger partial charge in [-0.2, -0.15) is 0 Å². The lowest BCUT2D eigenvalue weighted by Gasteiger charge is -2.31. The zero-order valence-corrected chi connectivity index (χ0v) is 21.3. The van der Waals surface area contributed by atoms with E-state index in [0.29, 0.717) is 24.7 Å². The van der Waals surface area contributed by atoms with E-state index < -0.39 is 6.09 Å². The van der Waals surface area contributed by atoms with Crippen LogP contribution in [0.4, 0.5) is 10.5 Å². The number of para-hydroxylation sites is 2. The summed E-state index contributed by atoms with van der Waals surface area (Å²) in [6, 6.07) is 7.59. The number of carbonyl (C=O) groups is 1. The first-order valence-corrected chi connectivity index (χ1v) is 13.6. The Balaban J connectivity index is 1.57. The van der Waals surface area contributed by atoms with Crippen molar-refractivity contribution in [1.29, 1.82) is 0 Å². The van der Waals surface area contributed by atoms with E-state index in [1.54, 1.807) is 0 Å². The van der Waals surface area contributed by atoms with Crippen LogP contribution in [0.5, 0.6) is 5.75 Å². The van der Waals surface area contributed by atoms with E-state index in [9.17, 15) is 4.79 Å². The molecule has 1 heterocycles. The van der Waals surface area contributed by atoms with Gasteiger partial charge in [-0.25, -0.2) is 4.79 Å². The van der Waals surface area contributed by atoms with Crippen LogP contribution in [0, 0.1) is 5.92 Å². The number of unbranched alkanes of at least 4 members (excludes halogenated alkanes) is 8. The summed E-state index contributed by atoms with van der Waals surface area (Å²) >= 11 is 0. The van der Waals surface area contributed by atoms with E-state index in [0.717, 1.165) is 32.0 Å². The van der Waals surface area contributed by atoms with Gasteiger partial charge >= 0.3 is 6.09 Å². The van der Waals surface area contributed by atoms with Crippen molar-refractivity contribution in [3.8, 4) is 5.75 Å². The molecule has 1 saturated heterocycles. The first-order chi connectivity index (χ1) is 16.2. The van der Waals surface area contributed by atoms with E-state index in [-0.39, 0.29) is 0 Å². The number of nitrogens with zero attached hydrogens (tertiary/aromatic N) is 1. The van der Waals surface area contributed by atoms with Crippen LogP contribution in [0.3, 0.4) is 0 Å². The molecule has 0 spiro atoms. The van der Waals surface area contributed by atoms with Gasteiger partial charge in [-0.1, -0.05) is 90.2 Å². The van der Waals surface area contributed by atoms with Gasteiger partial charge in [0.05, 0.1) is 12.3 Å². The van der Waals surface area contributed by atoms with Crippen molar-refractivity contribution in [2.75, 3.05) is 38.2 Å². The maximum Gasteiger partial charge on any atom is 0.411 e. The van der Waals surface area contributed by atoms with Crippen LogP contribution in [-0.4, -0.2) is 43.8 Å². The Bertz CT molecular complexity index is 629. The topological polar surface area (TPSA) is 50.8 Å². The Hall–Kier alpha value is -1.75. The molecule has 0 saturated carbocycles. The minimum absolute atomic E-state index is 0.407. The number of rotatable bonds is 17. The minimum Gasteiger partial charge on any atom is -0.491 e. The normalized spacial score (nSPS) is 14.8. The standard InChI is InChI=1S/C28H48N2O3/c1-3-5-7-9-11-15-25-18-20-30(21-19-25)22-24-33-28(31)29-26-16-12-13-17-27(26)32-23-14-10-8-6-4-2/h12-13,16-17,25H,3-11,14-15,18-24H2,1-2H3,(H,29,31). The zero-order valence-electron chi connectivity index (χ0n) is 21.3. The maximum absolute atomic E-state index is 12.3. The smallest absolute Gasteiger partial charge is 0.411 e. The van der Waals surface area contributed by atoms with Gasteiger partial charge in [0, 0.05) is 6.54 Å². The lowest BCUT2D eigenvalue weighted by Crippen LogP contribution is -2.36. The van der Waals surface area contributed by atoms with Crippen molar-refractivity contribution in [3.05, 3.63) is 24.3 Å². The molecule has 1 N–H and O–H groups in total. The maximum atomic E-state index is 12.3. The molecule has 1 aliphatic rings. The molecule has 188 valence electrons. The van der Waals surface area contributed by atoms with E-state index in [1.165, 1.54) is 77.0 Å². The Kier molecular flexibility index (Phi) is 14.7. The average Bonchev–Trinajstić information content (AvgIpc) is 2.83. The van der Waals surface area contributed by atoms with Crippen LogP contribution in [-0.2, 0) is 4.74 Å². The molecule has 1 amide bonds. The second kappa shape index (κ2) is 17.7. The fourth-order valence-corrected chi connectivity index (χ4v) is 4.53. The van der Waals surface area contributed by atoms with Crippen LogP contribution >= 0.6 is 0 Å². The van der Waals surface area contributed by atoms with E-state index >= 15 is 0 Å². The number of carbonyl (C=O) groups excluding carboxylic acids is 1. The van der Waals surface area contributed by atoms with Crippen molar-refractivity contribution in [2.45, 2.75) is 97.3 Å². The molecule has 0 aliphatic carbocycles. The largest absolute Gasteiger partial charge is 0.491 e. The molecular weight excluding hydrogens is 412 g/mol. The van der Waals surface area contributed by atoms with Crippen molar-refractivity contribution in [1.82, 2.24) is 4.90 Å². The second-order valence-electron chi connectivity index (χ2n) is 9.51. The summed E-state index contributed by atoms with van der Waals surface area (Å²) in [7, 11) is 0. The van der Waals surface area contributed by atoms with Crippen molar-refractivity contribution < 1.29 is 14.3 Å². The third kappa shape index (κ3) is 12.3. The van der Waals surface area contributed by atoms with Gasteiger partial charge in [0.25, 0.3) is 0 Å². The summed E-state index contributed by atoms with van der Waals surface area (Å²) in [5, 5.41) is 2.85. The lowest BCUT2D eigenvalue weighted by atomic mass is 9.91. The fraction of sp³-hybridized carbons (Fsp3) is 0.750. The molecule has 2 rings (SSSR count). The predicted octanol–water partition coefficient (Wildman–Crippen LogP) is 7.66. The van der Waals surface area contributed by atoms with E-state index in [1.807, 2.05) is 24.3 Å². The number of piperidine rings is 1. The van der Waals surface area contributed by atoms with Crippen LogP contribution in [0.1, 0.15) is 97.3 Å². The van der Waals surface area contributed by atoms with Crippen LogP contribution in [0.15, 0.2) is 24.3 Å². The van der Waals surface area contributed by atoms with Crippen molar-refractivity contribution in [3.63, 3.8) is 0 Å². The number of hydrogen-bond acceptors (Lipinski definition) is 4. The zero-order chi connectivity index (χ0) is 23.6. The van der Waals surface area contributed by atoms with Gasteiger partial charge in [-0.05, 0) is 50.4 Å². The minimum atomic E-state index is -0.407. The number of likely N-dealkylation sites (tertiary alicyclic amines) is 1. The molecule has 33 heavy (non-hydrogen) atoms. The highest BCUT2D eigenvalue weighted by atomic mass is 16.5. The van der Waals surface area contributed by atoms with Gasteiger partial charge < -0.3 is 9.47 Å². The third-order valence-corrected chi connectivity index (χ3v) is 6.69. The van der Waals surface area contributed by atoms with Gasteiger partial charge in [-0.15, -0.1) is 0 Å². The van der Waals surface area contributed by atoms with Crippen LogP contribution in [0.2, 0.25) is 0 Å². The summed E-state index contributed by atoms with van der Waals surface area (Å²) in [5.41, 5.74) is 0.677. The number of amides is 1. The lowest BCUT2D eigenvalue weighted by molar-refractivity contribution is 0.119. The Morgan fingerprint density at radius 1 is 0.909 bits per heavy atom. The Labute approximate surface area is 202 Å². The van der Waals surface area contributed by atoms with Crippen molar-refractivity contribution >= 4 is 11.8 Å². The molecule has 0 atom stereocenters. The molecule has 1 aromatic carbocycles. The summed E-state index contributed by atoms with van der Waals surface area (Å²) in [6.07, 6.45) is 16.4. The second-order valence-corrected chi connectivity index (χ2v) is 9.51. The summed E-state index contributed by atoms with van der Waals surface area (Å²) in [5.74, 6) is 1.59. The highest BCUT2D eigenvalue weighted by molar-refractivity contribution is 5.86. The summed E-state index contributed by atoms with van der Waals surface area (Å²) in [4.78, 5) is 14.7. The van der Waals surface area contributed by atoms with E-state index in [2.05, 4.69) is 24.1 Å². The van der Waals surface area contributed by atoms with Gasteiger partial charge in [0.1, 0.15) is 12.4 Å². The monoisotopic (exact) mass is 460 g/mol. The molecule has 0 bridgehead atoms. The number of ether oxygens (including phenoxy) is 2. The van der Waals surface area contributed by atoms with Gasteiger partial charge in [0.2, 0.25) is 0 Å². The molecule has 5 heteroatoms. The summed E-state index contributed by atoms with van der Waals surface area (Å²) in [6.45, 7) is 8.65. The Morgan fingerprint density at radius 2 is 1.58 bits per heavy atom. The average molecular weight is 461 g/mol. The highest BCUT2D eigenvalue weighted by Gasteiger charge is 2.19. The Morgan fingerprint density at radius 3 is 2.30 bits per heavy atom. The quantitative estimate of drug-likeness (QED) is 0.242. The molecule has 0 radical (unpaired) electrons. The number of anilines is 1. The fourth-order valence-electron chi connectivity index (χ4n) is 4.53. The number of nitrogens with one attached hydrogen (secondary N) is 1. The van der Waals surface area contributed by atoms with Crippen molar-refractivity contribution in [2.24, 2.45) is 5.92 Å². The molecule has 5 nitrogen and oxygen atoms in total.